The van der Waals surface area contributed by atoms with Crippen LogP contribution in [0.3, 0.4) is 0 Å². The Bertz CT molecular complexity index is 996. The second-order valence-corrected chi connectivity index (χ2v) is 7.29. The van der Waals surface area contributed by atoms with Crippen LogP contribution in [0, 0.1) is 5.41 Å². The Morgan fingerprint density at radius 2 is 1.45 bits per heavy atom. The predicted octanol–water partition coefficient (Wildman–Crippen LogP) is 4.79. The molecular formula is C25H24O4. The molecule has 29 heavy (non-hydrogen) atoms. The predicted molar refractivity (Wildman–Crippen MR) is 112 cm³/mol. The van der Waals surface area contributed by atoms with Crippen molar-refractivity contribution in [2.75, 3.05) is 13.2 Å². The van der Waals surface area contributed by atoms with Crippen LogP contribution in [0.25, 0.3) is 11.1 Å². The summed E-state index contributed by atoms with van der Waals surface area (Å²) in [6.45, 7) is 3.95. The standard InChI is InChI=1S/C25H24O4/c1-3-28-23(26)25(24(27)29-4-2)15-14-19-18-12-8-9-13-20(18)22(21(19)16-25)17-10-6-5-7-11-17/h5-14H,3-4,15-16H2,1-2H3. The van der Waals surface area contributed by atoms with Gasteiger partial charge < -0.3 is 9.47 Å². The van der Waals surface area contributed by atoms with Crippen LogP contribution >= 0.6 is 0 Å². The molecule has 0 bridgehead atoms. The first-order chi connectivity index (χ1) is 14.1. The maximum Gasteiger partial charge on any atom is 0.324 e. The SMILES string of the molecule is CCOC(=O)C1(C(=O)OCC)CC=C2C(=C(c3ccccc3)c3ccccc32)C1. The van der Waals surface area contributed by atoms with Crippen LogP contribution < -0.4 is 0 Å². The Morgan fingerprint density at radius 1 is 0.862 bits per heavy atom. The van der Waals surface area contributed by atoms with E-state index in [2.05, 4.69) is 24.3 Å². The summed E-state index contributed by atoms with van der Waals surface area (Å²) >= 11 is 0. The zero-order chi connectivity index (χ0) is 20.4. The third-order valence-electron chi connectivity index (χ3n) is 5.64. The highest BCUT2D eigenvalue weighted by Gasteiger charge is 2.52. The van der Waals surface area contributed by atoms with Gasteiger partial charge in [-0.3, -0.25) is 9.59 Å². The molecule has 0 heterocycles. The van der Waals surface area contributed by atoms with E-state index in [0.29, 0.717) is 0 Å². The van der Waals surface area contributed by atoms with Gasteiger partial charge >= 0.3 is 11.9 Å². The van der Waals surface area contributed by atoms with Gasteiger partial charge in [0, 0.05) is 6.42 Å². The monoisotopic (exact) mass is 388 g/mol. The number of carbonyl (C=O) groups is 2. The second kappa shape index (κ2) is 7.70. The number of hydrogen-bond donors (Lipinski definition) is 0. The lowest BCUT2D eigenvalue weighted by molar-refractivity contribution is -0.172. The molecule has 2 aliphatic carbocycles. The van der Waals surface area contributed by atoms with Crippen LogP contribution in [0.15, 0.2) is 66.2 Å². The summed E-state index contributed by atoms with van der Waals surface area (Å²) in [7, 11) is 0. The number of benzene rings is 2. The molecule has 2 aliphatic rings. The molecule has 4 rings (SSSR count). The fourth-order valence-corrected chi connectivity index (χ4v) is 4.33. The third kappa shape index (κ3) is 3.09. The maximum atomic E-state index is 13.0. The first-order valence-corrected chi connectivity index (χ1v) is 10.1. The minimum absolute atomic E-state index is 0.224. The lowest BCUT2D eigenvalue weighted by Gasteiger charge is -2.32. The molecule has 0 amide bonds. The highest BCUT2D eigenvalue weighted by Crippen LogP contribution is 2.53. The first-order valence-electron chi connectivity index (χ1n) is 10.1. The molecule has 0 spiro atoms. The van der Waals surface area contributed by atoms with Gasteiger partial charge in [-0.1, -0.05) is 60.7 Å². The van der Waals surface area contributed by atoms with Crippen molar-refractivity contribution in [3.63, 3.8) is 0 Å². The molecule has 0 atom stereocenters. The van der Waals surface area contributed by atoms with Gasteiger partial charge in [-0.25, -0.2) is 0 Å². The lowest BCUT2D eigenvalue weighted by Crippen LogP contribution is -2.43. The Labute approximate surface area is 170 Å². The molecule has 2 aromatic rings. The second-order valence-electron chi connectivity index (χ2n) is 7.29. The summed E-state index contributed by atoms with van der Waals surface area (Å²) in [5.74, 6) is -1.02. The van der Waals surface area contributed by atoms with Crippen LogP contribution in [0.2, 0.25) is 0 Å². The highest BCUT2D eigenvalue weighted by molar-refractivity contribution is 6.09. The summed E-state index contributed by atoms with van der Waals surface area (Å²) in [5, 5.41) is 0. The third-order valence-corrected chi connectivity index (χ3v) is 5.64. The number of esters is 2. The van der Waals surface area contributed by atoms with Crippen molar-refractivity contribution in [3.8, 4) is 0 Å². The number of hydrogen-bond acceptors (Lipinski definition) is 4. The molecule has 4 nitrogen and oxygen atoms in total. The van der Waals surface area contributed by atoms with Gasteiger partial charge in [0.15, 0.2) is 5.41 Å². The van der Waals surface area contributed by atoms with Gasteiger partial charge in [-0.2, -0.15) is 0 Å². The van der Waals surface area contributed by atoms with Crippen LogP contribution in [0.1, 0.15) is 43.4 Å². The first kappa shape index (κ1) is 19.2. The Balaban J connectivity index is 1.91. The van der Waals surface area contributed by atoms with Crippen LogP contribution in [0.5, 0.6) is 0 Å². The van der Waals surface area contributed by atoms with Crippen molar-refractivity contribution in [1.82, 2.24) is 0 Å². The molecule has 0 aromatic heterocycles. The Morgan fingerprint density at radius 3 is 2.07 bits per heavy atom. The van der Waals surface area contributed by atoms with E-state index in [1.54, 1.807) is 13.8 Å². The average Bonchev–Trinajstić information content (AvgIpc) is 3.08. The fraction of sp³-hybridized carbons (Fsp3) is 0.280. The summed E-state index contributed by atoms with van der Waals surface area (Å²) in [5.41, 5.74) is 5.18. The Kier molecular flexibility index (Phi) is 5.10. The molecule has 2 aromatic carbocycles. The largest absolute Gasteiger partial charge is 0.465 e. The summed E-state index contributed by atoms with van der Waals surface area (Å²) in [6, 6.07) is 18.3. The van der Waals surface area contributed by atoms with Gasteiger partial charge in [0.2, 0.25) is 0 Å². The molecule has 0 aliphatic heterocycles. The highest BCUT2D eigenvalue weighted by atomic mass is 16.6. The van der Waals surface area contributed by atoms with Crippen LogP contribution in [0.4, 0.5) is 0 Å². The van der Waals surface area contributed by atoms with E-state index in [0.717, 1.165) is 33.4 Å². The summed E-state index contributed by atoms with van der Waals surface area (Å²) in [6.07, 6.45) is 2.55. The average molecular weight is 388 g/mol. The van der Waals surface area contributed by atoms with Crippen molar-refractivity contribution < 1.29 is 19.1 Å². The number of ether oxygens (including phenoxy) is 2. The van der Waals surface area contributed by atoms with Gasteiger partial charge in [0.25, 0.3) is 0 Å². The molecule has 0 saturated carbocycles. The van der Waals surface area contributed by atoms with Crippen molar-refractivity contribution in [3.05, 3.63) is 82.9 Å². The molecule has 0 radical (unpaired) electrons. The van der Waals surface area contributed by atoms with Crippen LogP contribution in [-0.4, -0.2) is 25.2 Å². The van der Waals surface area contributed by atoms with E-state index < -0.39 is 17.4 Å². The molecule has 0 fully saturated rings. The quantitative estimate of drug-likeness (QED) is 0.546. The minimum Gasteiger partial charge on any atom is -0.465 e. The van der Waals surface area contributed by atoms with Crippen molar-refractivity contribution in [2.24, 2.45) is 5.41 Å². The fourth-order valence-electron chi connectivity index (χ4n) is 4.33. The van der Waals surface area contributed by atoms with Gasteiger partial charge in [0.05, 0.1) is 13.2 Å². The smallest absolute Gasteiger partial charge is 0.324 e. The Hall–Kier alpha value is -3.14. The molecule has 0 saturated heterocycles. The number of fused-ring (bicyclic) bond motifs is 3. The van der Waals surface area contributed by atoms with Gasteiger partial charge in [0.1, 0.15) is 0 Å². The minimum atomic E-state index is -1.34. The van der Waals surface area contributed by atoms with E-state index in [1.165, 1.54) is 0 Å². The molecule has 4 heteroatoms. The van der Waals surface area contributed by atoms with E-state index in [-0.39, 0.29) is 26.1 Å². The van der Waals surface area contributed by atoms with E-state index in [4.69, 9.17) is 9.47 Å². The zero-order valence-corrected chi connectivity index (χ0v) is 16.7. The van der Waals surface area contributed by atoms with Crippen LogP contribution in [-0.2, 0) is 19.1 Å². The molecule has 148 valence electrons. The summed E-state index contributed by atoms with van der Waals surface area (Å²) in [4.78, 5) is 25.9. The molecular weight excluding hydrogens is 364 g/mol. The number of allylic oxidation sites excluding steroid dienone is 3. The normalized spacial score (nSPS) is 16.6. The van der Waals surface area contributed by atoms with Gasteiger partial charge in [-0.05, 0) is 53.7 Å². The van der Waals surface area contributed by atoms with E-state index >= 15 is 0 Å². The summed E-state index contributed by atoms with van der Waals surface area (Å²) < 4.78 is 10.7. The van der Waals surface area contributed by atoms with Crippen molar-refractivity contribution in [2.45, 2.75) is 26.7 Å². The van der Waals surface area contributed by atoms with E-state index in [9.17, 15) is 9.59 Å². The zero-order valence-electron chi connectivity index (χ0n) is 16.7. The molecule has 0 N–H and O–H groups in total. The lowest BCUT2D eigenvalue weighted by atomic mass is 9.71. The molecule has 0 unspecified atom stereocenters. The number of carbonyl (C=O) groups excluding carboxylic acids is 2. The van der Waals surface area contributed by atoms with E-state index in [1.807, 2.05) is 36.4 Å². The van der Waals surface area contributed by atoms with Crippen molar-refractivity contribution >= 4 is 23.1 Å². The van der Waals surface area contributed by atoms with Crippen molar-refractivity contribution in [1.29, 1.82) is 0 Å². The van der Waals surface area contributed by atoms with Gasteiger partial charge in [-0.15, -0.1) is 0 Å². The topological polar surface area (TPSA) is 52.6 Å². The number of rotatable bonds is 5. The maximum absolute atomic E-state index is 13.0.